The minimum Gasteiger partial charge on any atom is -0.325 e. The summed E-state index contributed by atoms with van der Waals surface area (Å²) < 4.78 is 27.5. The fourth-order valence-electron chi connectivity index (χ4n) is 3.82. The molecule has 2 aromatic rings. The molecule has 1 fully saturated rings. The third-order valence-electron chi connectivity index (χ3n) is 5.58. The molecular formula is C22H23N3O5S. The highest BCUT2D eigenvalue weighted by molar-refractivity contribution is 7.89. The van der Waals surface area contributed by atoms with Gasteiger partial charge in [0.2, 0.25) is 27.7 Å². The summed E-state index contributed by atoms with van der Waals surface area (Å²) in [6, 6.07) is 12.1. The molecule has 9 heteroatoms. The maximum Gasteiger partial charge on any atom is 0.244 e. The quantitative estimate of drug-likeness (QED) is 0.713. The molecule has 2 aliphatic rings. The Morgan fingerprint density at radius 3 is 2.32 bits per heavy atom. The van der Waals surface area contributed by atoms with Crippen LogP contribution in [0.4, 0.5) is 5.69 Å². The van der Waals surface area contributed by atoms with Gasteiger partial charge in [0.25, 0.3) is 0 Å². The van der Waals surface area contributed by atoms with Gasteiger partial charge in [-0.25, -0.2) is 8.42 Å². The zero-order valence-electron chi connectivity index (χ0n) is 17.1. The number of nitrogens with zero attached hydrogens (tertiary/aromatic N) is 2. The average molecular weight is 442 g/mol. The lowest BCUT2D eigenvalue weighted by molar-refractivity contribution is -0.141. The fraction of sp³-hybridized carbons (Fsp3) is 0.318. The second-order valence-corrected chi connectivity index (χ2v) is 9.74. The van der Waals surface area contributed by atoms with Gasteiger partial charge >= 0.3 is 0 Å². The van der Waals surface area contributed by atoms with Gasteiger partial charge in [-0.15, -0.1) is 0 Å². The van der Waals surface area contributed by atoms with Crippen molar-refractivity contribution in [2.45, 2.75) is 37.6 Å². The maximum absolute atomic E-state index is 13.0. The van der Waals surface area contributed by atoms with Crippen LogP contribution >= 0.6 is 0 Å². The van der Waals surface area contributed by atoms with Crippen LogP contribution in [0.2, 0.25) is 0 Å². The van der Waals surface area contributed by atoms with Crippen molar-refractivity contribution in [3.63, 3.8) is 0 Å². The maximum atomic E-state index is 13.0. The van der Waals surface area contributed by atoms with Gasteiger partial charge in [0, 0.05) is 31.6 Å². The summed E-state index contributed by atoms with van der Waals surface area (Å²) in [5.41, 5.74) is 3.32. The minimum atomic E-state index is -3.62. The minimum absolute atomic E-state index is 0.135. The molecule has 2 heterocycles. The molecule has 1 N–H and O–H groups in total. The van der Waals surface area contributed by atoms with E-state index in [2.05, 4.69) is 5.32 Å². The molecule has 1 saturated heterocycles. The van der Waals surface area contributed by atoms with Crippen LogP contribution in [0.3, 0.4) is 0 Å². The standard InChI is InChI=1S/C22H23N3O5S/c1-15-2-6-19(7-3-15)31(29,30)24-11-10-16-4-5-18(12-17(16)13-24)23-20(26)14-25-21(27)8-9-22(25)28/h2-7,12H,8-11,13-14H2,1H3,(H,23,26). The number of hydrogen-bond acceptors (Lipinski definition) is 5. The monoisotopic (exact) mass is 441 g/mol. The topological polar surface area (TPSA) is 104 Å². The number of anilines is 1. The van der Waals surface area contributed by atoms with E-state index in [-0.39, 0.29) is 42.6 Å². The number of benzene rings is 2. The van der Waals surface area contributed by atoms with Crippen molar-refractivity contribution < 1.29 is 22.8 Å². The Morgan fingerprint density at radius 2 is 1.65 bits per heavy atom. The van der Waals surface area contributed by atoms with Crippen molar-refractivity contribution in [3.05, 3.63) is 59.2 Å². The van der Waals surface area contributed by atoms with Crippen molar-refractivity contribution >= 4 is 33.4 Å². The van der Waals surface area contributed by atoms with E-state index in [1.54, 1.807) is 36.4 Å². The highest BCUT2D eigenvalue weighted by Gasteiger charge is 2.31. The molecule has 0 aromatic heterocycles. The number of imide groups is 1. The van der Waals surface area contributed by atoms with Gasteiger partial charge in [0.15, 0.2) is 0 Å². The molecular weight excluding hydrogens is 418 g/mol. The van der Waals surface area contributed by atoms with E-state index in [1.807, 2.05) is 13.0 Å². The number of hydrogen-bond donors (Lipinski definition) is 1. The molecule has 0 aliphatic carbocycles. The first kappa shape index (κ1) is 21.2. The largest absolute Gasteiger partial charge is 0.325 e. The molecule has 31 heavy (non-hydrogen) atoms. The van der Waals surface area contributed by atoms with Gasteiger partial charge in [-0.1, -0.05) is 23.8 Å². The highest BCUT2D eigenvalue weighted by atomic mass is 32.2. The molecule has 2 aliphatic heterocycles. The first-order valence-electron chi connectivity index (χ1n) is 10.1. The van der Waals surface area contributed by atoms with E-state index >= 15 is 0 Å². The number of amides is 3. The third-order valence-corrected chi connectivity index (χ3v) is 7.44. The summed E-state index contributed by atoms with van der Waals surface area (Å²) in [6.45, 7) is 2.17. The molecule has 0 bridgehead atoms. The fourth-order valence-corrected chi connectivity index (χ4v) is 5.24. The van der Waals surface area contributed by atoms with E-state index < -0.39 is 15.9 Å². The normalized spacial score (nSPS) is 17.0. The molecule has 3 amide bonds. The van der Waals surface area contributed by atoms with Gasteiger partial charge < -0.3 is 5.32 Å². The van der Waals surface area contributed by atoms with Gasteiger partial charge in [-0.3, -0.25) is 19.3 Å². The lowest BCUT2D eigenvalue weighted by Crippen LogP contribution is -2.37. The molecule has 0 radical (unpaired) electrons. The third kappa shape index (κ3) is 4.38. The van der Waals surface area contributed by atoms with Crippen molar-refractivity contribution in [1.29, 1.82) is 0 Å². The van der Waals surface area contributed by atoms with Crippen LogP contribution < -0.4 is 5.32 Å². The number of fused-ring (bicyclic) bond motifs is 1. The van der Waals surface area contributed by atoms with E-state index in [1.165, 1.54) is 4.31 Å². The Bertz CT molecular complexity index is 1140. The number of sulfonamides is 1. The molecule has 8 nitrogen and oxygen atoms in total. The SMILES string of the molecule is Cc1ccc(S(=O)(=O)N2CCc3ccc(NC(=O)CN4C(=O)CCC4=O)cc3C2)cc1. The van der Waals surface area contributed by atoms with Crippen molar-refractivity contribution in [2.75, 3.05) is 18.4 Å². The van der Waals surface area contributed by atoms with Gasteiger partial charge in [-0.05, 0) is 48.7 Å². The second-order valence-electron chi connectivity index (χ2n) is 7.81. The van der Waals surface area contributed by atoms with Gasteiger partial charge in [0.05, 0.1) is 4.90 Å². The molecule has 162 valence electrons. The van der Waals surface area contributed by atoms with Crippen LogP contribution in [-0.4, -0.2) is 48.4 Å². The summed E-state index contributed by atoms with van der Waals surface area (Å²) in [5, 5.41) is 2.70. The van der Waals surface area contributed by atoms with E-state index in [0.29, 0.717) is 18.7 Å². The number of likely N-dealkylation sites (tertiary alicyclic amines) is 1. The van der Waals surface area contributed by atoms with Crippen LogP contribution in [0, 0.1) is 6.92 Å². The summed E-state index contributed by atoms with van der Waals surface area (Å²) in [7, 11) is -3.62. The average Bonchev–Trinajstić information content (AvgIpc) is 3.05. The zero-order chi connectivity index (χ0) is 22.2. The Balaban J connectivity index is 1.47. The lowest BCUT2D eigenvalue weighted by atomic mass is 10.0. The Morgan fingerprint density at radius 1 is 0.968 bits per heavy atom. The van der Waals surface area contributed by atoms with Gasteiger partial charge in [0.1, 0.15) is 6.54 Å². The smallest absolute Gasteiger partial charge is 0.244 e. The van der Waals surface area contributed by atoms with Crippen LogP contribution in [0.25, 0.3) is 0 Å². The zero-order valence-corrected chi connectivity index (χ0v) is 17.9. The van der Waals surface area contributed by atoms with Crippen molar-refractivity contribution in [2.24, 2.45) is 0 Å². The second kappa shape index (κ2) is 8.24. The summed E-state index contributed by atoms with van der Waals surface area (Å²) in [4.78, 5) is 36.9. The Hall–Kier alpha value is -3.04. The number of carbonyl (C=O) groups excluding carboxylic acids is 3. The van der Waals surface area contributed by atoms with Crippen molar-refractivity contribution in [1.82, 2.24) is 9.21 Å². The molecule has 4 rings (SSSR count). The van der Waals surface area contributed by atoms with Gasteiger partial charge in [-0.2, -0.15) is 4.31 Å². The van der Waals surface area contributed by atoms with Crippen LogP contribution in [-0.2, 0) is 37.4 Å². The first-order valence-corrected chi connectivity index (χ1v) is 11.5. The Kier molecular flexibility index (Phi) is 5.63. The van der Waals surface area contributed by atoms with E-state index in [4.69, 9.17) is 0 Å². The number of aryl methyl sites for hydroxylation is 1. The van der Waals surface area contributed by atoms with E-state index in [0.717, 1.165) is 21.6 Å². The predicted octanol–water partition coefficient (Wildman–Crippen LogP) is 1.83. The number of rotatable bonds is 5. The Labute approximate surface area is 180 Å². The summed E-state index contributed by atoms with van der Waals surface area (Å²) >= 11 is 0. The van der Waals surface area contributed by atoms with E-state index in [9.17, 15) is 22.8 Å². The molecule has 0 spiro atoms. The van der Waals surface area contributed by atoms with Crippen molar-refractivity contribution in [3.8, 4) is 0 Å². The summed E-state index contributed by atoms with van der Waals surface area (Å²) in [6.07, 6.45) is 0.845. The predicted molar refractivity (Wildman–Crippen MR) is 114 cm³/mol. The number of nitrogens with one attached hydrogen (secondary N) is 1. The molecule has 2 aromatic carbocycles. The van der Waals surface area contributed by atoms with Crippen LogP contribution in [0.15, 0.2) is 47.4 Å². The molecule has 0 saturated carbocycles. The van der Waals surface area contributed by atoms with Crippen LogP contribution in [0.1, 0.15) is 29.5 Å². The number of carbonyl (C=O) groups is 3. The first-order chi connectivity index (χ1) is 14.7. The molecule has 0 unspecified atom stereocenters. The highest BCUT2D eigenvalue weighted by Crippen LogP contribution is 2.27. The van der Waals surface area contributed by atoms with Crippen LogP contribution in [0.5, 0.6) is 0 Å². The lowest BCUT2D eigenvalue weighted by Gasteiger charge is -2.28. The summed E-state index contributed by atoms with van der Waals surface area (Å²) in [5.74, 6) is -1.16. The molecule has 0 atom stereocenters.